The van der Waals surface area contributed by atoms with Gasteiger partial charge in [-0.05, 0) is 88.8 Å². The van der Waals surface area contributed by atoms with Crippen LogP contribution in [0.15, 0.2) is 170 Å². The molecule has 0 saturated carbocycles. The summed E-state index contributed by atoms with van der Waals surface area (Å²) >= 11 is 0. The van der Waals surface area contributed by atoms with Crippen molar-refractivity contribution < 1.29 is 4.74 Å². The fourth-order valence-electron chi connectivity index (χ4n) is 8.12. The number of fused-ring (bicyclic) bond motifs is 8. The molecule has 0 bridgehead atoms. The van der Waals surface area contributed by atoms with Gasteiger partial charge in [0.05, 0.1) is 22.1 Å². The number of aromatic nitrogens is 2. The van der Waals surface area contributed by atoms with Crippen LogP contribution in [-0.4, -0.2) is 9.13 Å². The Morgan fingerprint density at radius 3 is 1.63 bits per heavy atom. The number of hydrogen-bond acceptors (Lipinski definition) is 1. The van der Waals surface area contributed by atoms with Crippen LogP contribution in [0.3, 0.4) is 0 Å². The molecule has 8 aromatic carbocycles. The number of ether oxygens (including phenoxy) is 1. The molecule has 0 atom stereocenters. The first kappa shape index (κ1) is 26.5. The van der Waals surface area contributed by atoms with Crippen molar-refractivity contribution in [2.75, 3.05) is 0 Å². The van der Waals surface area contributed by atoms with Gasteiger partial charge >= 0.3 is 0 Å². The lowest BCUT2D eigenvalue weighted by Crippen LogP contribution is -1.98. The SMILES string of the molecule is c1ccc(-n2c3ccccc3c3cc(-c4ccc5c(c4)c4cc6c(cc4n5-c4ccccc4)Oc4cccc5cccc-6c45)ccc32)cc1. The molecular weight excluding hydrogens is 597 g/mol. The minimum atomic E-state index is 0.888. The summed E-state index contributed by atoms with van der Waals surface area (Å²) in [5, 5.41) is 7.30. The largest absolute Gasteiger partial charge is 0.456 e. The lowest BCUT2D eigenvalue weighted by atomic mass is 9.93. The third-order valence-corrected chi connectivity index (χ3v) is 10.3. The van der Waals surface area contributed by atoms with Crippen LogP contribution in [0, 0.1) is 0 Å². The van der Waals surface area contributed by atoms with Crippen molar-refractivity contribution in [2.24, 2.45) is 0 Å². The summed E-state index contributed by atoms with van der Waals surface area (Å²) in [5.41, 5.74) is 11.8. The van der Waals surface area contributed by atoms with Crippen molar-refractivity contribution in [1.29, 1.82) is 0 Å². The van der Waals surface area contributed by atoms with Gasteiger partial charge in [0.15, 0.2) is 0 Å². The molecule has 3 nitrogen and oxygen atoms in total. The zero-order valence-corrected chi connectivity index (χ0v) is 26.5. The average Bonchev–Trinajstić information content (AvgIpc) is 3.66. The topological polar surface area (TPSA) is 19.1 Å². The predicted octanol–water partition coefficient (Wildman–Crippen LogP) is 12.5. The minimum absolute atomic E-state index is 0.888. The average molecular weight is 625 g/mol. The highest BCUT2D eigenvalue weighted by atomic mass is 16.5. The first-order valence-corrected chi connectivity index (χ1v) is 16.8. The van der Waals surface area contributed by atoms with E-state index in [2.05, 4.69) is 179 Å². The third-order valence-electron chi connectivity index (χ3n) is 10.3. The molecule has 0 N–H and O–H groups in total. The van der Waals surface area contributed by atoms with E-state index >= 15 is 0 Å². The van der Waals surface area contributed by atoms with Gasteiger partial charge in [-0.3, -0.25) is 0 Å². The second-order valence-electron chi connectivity index (χ2n) is 13.0. The zero-order valence-electron chi connectivity index (χ0n) is 26.5. The monoisotopic (exact) mass is 624 g/mol. The minimum Gasteiger partial charge on any atom is -0.456 e. The smallest absolute Gasteiger partial charge is 0.137 e. The van der Waals surface area contributed by atoms with Crippen LogP contribution < -0.4 is 4.74 Å². The van der Waals surface area contributed by atoms with Crippen LogP contribution in [0.1, 0.15) is 0 Å². The molecule has 0 spiro atoms. The normalized spacial score (nSPS) is 12.2. The van der Waals surface area contributed by atoms with E-state index in [-0.39, 0.29) is 0 Å². The highest BCUT2D eigenvalue weighted by Gasteiger charge is 2.23. The predicted molar refractivity (Wildman–Crippen MR) is 204 cm³/mol. The van der Waals surface area contributed by atoms with E-state index in [4.69, 9.17) is 4.74 Å². The maximum absolute atomic E-state index is 6.63. The van der Waals surface area contributed by atoms with Gasteiger partial charge in [-0.1, -0.05) is 97.1 Å². The zero-order chi connectivity index (χ0) is 32.1. The van der Waals surface area contributed by atoms with Crippen molar-refractivity contribution in [3.8, 4) is 45.1 Å². The van der Waals surface area contributed by atoms with E-state index < -0.39 is 0 Å². The van der Waals surface area contributed by atoms with E-state index in [9.17, 15) is 0 Å². The summed E-state index contributed by atoms with van der Waals surface area (Å²) in [7, 11) is 0. The highest BCUT2D eigenvalue weighted by molar-refractivity contribution is 6.15. The van der Waals surface area contributed by atoms with Crippen LogP contribution in [0.4, 0.5) is 0 Å². The van der Waals surface area contributed by atoms with Crippen molar-refractivity contribution in [2.45, 2.75) is 0 Å². The van der Waals surface area contributed by atoms with Gasteiger partial charge in [0.1, 0.15) is 11.5 Å². The lowest BCUT2D eigenvalue weighted by Gasteiger charge is -2.21. The van der Waals surface area contributed by atoms with Crippen LogP contribution in [-0.2, 0) is 0 Å². The molecule has 10 aromatic rings. The standard InChI is InChI=1S/C46H28N2O/c1-3-13-32(14-4-1)47-40-19-8-7-17-34(40)36-25-30(21-23-41(36)47)31-22-24-42-37(26-31)38-27-39-35-18-9-11-29-12-10-20-44(46(29)35)49-45(39)28-43(38)48(42)33-15-5-2-6-16-33/h1-28H. The van der Waals surface area contributed by atoms with Crippen molar-refractivity contribution in [1.82, 2.24) is 9.13 Å². The van der Waals surface area contributed by atoms with Gasteiger partial charge in [0.25, 0.3) is 0 Å². The van der Waals surface area contributed by atoms with Gasteiger partial charge in [-0.15, -0.1) is 0 Å². The van der Waals surface area contributed by atoms with Crippen LogP contribution in [0.5, 0.6) is 11.5 Å². The quantitative estimate of drug-likeness (QED) is 0.191. The molecule has 0 radical (unpaired) electrons. The number of rotatable bonds is 3. The number of benzene rings is 8. The Morgan fingerprint density at radius 2 is 0.918 bits per heavy atom. The highest BCUT2D eigenvalue weighted by Crippen LogP contribution is 2.49. The first-order chi connectivity index (χ1) is 24.3. The molecule has 0 aliphatic carbocycles. The van der Waals surface area contributed by atoms with Crippen LogP contribution in [0.25, 0.3) is 88.0 Å². The summed E-state index contributed by atoms with van der Waals surface area (Å²) in [6.07, 6.45) is 0. The fraction of sp³-hybridized carbons (Fsp3) is 0. The van der Waals surface area contributed by atoms with E-state index in [0.717, 1.165) is 28.3 Å². The summed E-state index contributed by atoms with van der Waals surface area (Å²) in [6, 6.07) is 61.3. The molecule has 1 aliphatic rings. The van der Waals surface area contributed by atoms with Gasteiger partial charge in [0, 0.05) is 49.9 Å². The Bertz CT molecular complexity index is 2940. The van der Waals surface area contributed by atoms with E-state index in [1.165, 1.54) is 71.2 Å². The van der Waals surface area contributed by atoms with Crippen LogP contribution in [0.2, 0.25) is 0 Å². The van der Waals surface area contributed by atoms with Gasteiger partial charge < -0.3 is 13.9 Å². The fourth-order valence-corrected chi connectivity index (χ4v) is 8.12. The Balaban J connectivity index is 1.17. The first-order valence-electron chi connectivity index (χ1n) is 16.8. The van der Waals surface area contributed by atoms with Crippen LogP contribution >= 0.6 is 0 Å². The molecule has 1 aliphatic heterocycles. The number of hydrogen-bond donors (Lipinski definition) is 0. The Kier molecular flexibility index (Phi) is 5.38. The molecule has 228 valence electrons. The van der Waals surface area contributed by atoms with Crippen molar-refractivity contribution in [3.63, 3.8) is 0 Å². The van der Waals surface area contributed by atoms with Gasteiger partial charge in [-0.25, -0.2) is 0 Å². The second kappa shape index (κ2) is 9.96. The molecule has 0 unspecified atom stereocenters. The molecule has 0 saturated heterocycles. The molecule has 49 heavy (non-hydrogen) atoms. The Hall–Kier alpha value is -6.58. The summed E-state index contributed by atoms with van der Waals surface area (Å²) in [4.78, 5) is 0. The van der Waals surface area contributed by atoms with Gasteiger partial charge in [-0.2, -0.15) is 0 Å². The molecule has 0 amide bonds. The van der Waals surface area contributed by atoms with E-state index in [1.54, 1.807) is 0 Å². The van der Waals surface area contributed by atoms with E-state index in [1.807, 2.05) is 0 Å². The molecule has 2 aromatic heterocycles. The molecular formula is C46H28N2O. The summed E-state index contributed by atoms with van der Waals surface area (Å²) in [6.45, 7) is 0. The number of nitrogens with zero attached hydrogens (tertiary/aromatic N) is 2. The Labute approximate surface area is 282 Å². The summed E-state index contributed by atoms with van der Waals surface area (Å²) in [5.74, 6) is 1.80. The maximum atomic E-state index is 6.63. The number of para-hydroxylation sites is 3. The maximum Gasteiger partial charge on any atom is 0.137 e. The summed E-state index contributed by atoms with van der Waals surface area (Å²) < 4.78 is 11.4. The third kappa shape index (κ3) is 3.78. The van der Waals surface area contributed by atoms with Gasteiger partial charge in [0.2, 0.25) is 0 Å². The second-order valence-corrected chi connectivity index (χ2v) is 13.0. The lowest BCUT2D eigenvalue weighted by molar-refractivity contribution is 0.487. The molecule has 3 heterocycles. The Morgan fingerprint density at radius 1 is 0.347 bits per heavy atom. The molecule has 11 rings (SSSR count). The van der Waals surface area contributed by atoms with E-state index in [0.29, 0.717) is 0 Å². The molecule has 0 fully saturated rings. The molecule has 3 heteroatoms. The van der Waals surface area contributed by atoms with Crippen molar-refractivity contribution >= 4 is 54.4 Å². The van der Waals surface area contributed by atoms with Crippen molar-refractivity contribution in [3.05, 3.63) is 170 Å².